The number of alkyl halides is 1. The molecule has 3 N–H and O–H groups in total. The summed E-state index contributed by atoms with van der Waals surface area (Å²) < 4.78 is 14.3. The lowest BCUT2D eigenvalue weighted by atomic mass is 9.87. The van der Waals surface area contributed by atoms with Crippen LogP contribution in [0.15, 0.2) is 24.3 Å². The Morgan fingerprint density at radius 1 is 1.31 bits per heavy atom. The maximum atomic E-state index is 14.3. The first-order valence-electron chi connectivity index (χ1n) is 9.94. The van der Waals surface area contributed by atoms with Crippen LogP contribution in [-0.2, 0) is 4.79 Å². The molecule has 0 bridgehead atoms. The number of unbranched alkanes of at least 4 members (excludes halogenated alkanes) is 3. The van der Waals surface area contributed by atoms with E-state index in [2.05, 4.69) is 6.92 Å². The fraction of sp³-hybridized carbons (Fsp3) is 0.762. The SMILES string of the molecule is CCCCC(C)C(O)/C=C/[C@@H]1[C@@H](CCCC/C=C/C(=O)O)[C@H](F)C[C@H]1O. The molecule has 1 rings (SSSR count). The Labute approximate surface area is 156 Å². The molecule has 0 aromatic carbocycles. The number of carboxylic acids is 1. The highest BCUT2D eigenvalue weighted by Crippen LogP contribution is 2.39. The average molecular weight is 371 g/mol. The molecule has 1 aliphatic rings. The minimum atomic E-state index is -1.02. The van der Waals surface area contributed by atoms with Gasteiger partial charge >= 0.3 is 5.97 Å². The van der Waals surface area contributed by atoms with Gasteiger partial charge in [0.2, 0.25) is 0 Å². The van der Waals surface area contributed by atoms with Crippen LogP contribution >= 0.6 is 0 Å². The van der Waals surface area contributed by atoms with Gasteiger partial charge in [0, 0.05) is 18.4 Å². The normalized spacial score (nSPS) is 28.8. The van der Waals surface area contributed by atoms with Crippen LogP contribution in [0, 0.1) is 17.8 Å². The molecular formula is C21H35FO4. The van der Waals surface area contributed by atoms with Crippen LogP contribution in [0.1, 0.15) is 65.2 Å². The first-order chi connectivity index (χ1) is 12.4. The molecule has 0 amide bonds. The summed E-state index contributed by atoms with van der Waals surface area (Å²) in [5, 5.41) is 29.0. The second kappa shape index (κ2) is 12.2. The molecule has 0 heterocycles. The third-order valence-corrected chi connectivity index (χ3v) is 5.42. The highest BCUT2D eigenvalue weighted by atomic mass is 19.1. The number of halogens is 1. The van der Waals surface area contributed by atoms with E-state index in [1.807, 2.05) is 13.0 Å². The van der Waals surface area contributed by atoms with Crippen molar-refractivity contribution in [2.24, 2.45) is 17.8 Å². The fourth-order valence-corrected chi connectivity index (χ4v) is 3.69. The molecule has 1 saturated carbocycles. The first-order valence-corrected chi connectivity index (χ1v) is 9.94. The summed E-state index contributed by atoms with van der Waals surface area (Å²) in [5.74, 6) is -1.29. The molecule has 150 valence electrons. The van der Waals surface area contributed by atoms with E-state index in [9.17, 15) is 19.4 Å². The molecule has 5 heteroatoms. The monoisotopic (exact) mass is 370 g/mol. The second-order valence-electron chi connectivity index (χ2n) is 7.58. The lowest BCUT2D eigenvalue weighted by molar-refractivity contribution is -0.131. The Bertz CT molecular complexity index is 463. The zero-order chi connectivity index (χ0) is 19.5. The van der Waals surface area contributed by atoms with Crippen LogP contribution in [0.25, 0.3) is 0 Å². The van der Waals surface area contributed by atoms with Gasteiger partial charge in [-0.05, 0) is 37.5 Å². The van der Waals surface area contributed by atoms with Crippen molar-refractivity contribution in [2.45, 2.75) is 83.6 Å². The van der Waals surface area contributed by atoms with Crippen molar-refractivity contribution in [2.75, 3.05) is 0 Å². The van der Waals surface area contributed by atoms with Crippen molar-refractivity contribution in [3.63, 3.8) is 0 Å². The lowest BCUT2D eigenvalue weighted by Crippen LogP contribution is -2.21. The highest BCUT2D eigenvalue weighted by molar-refractivity contribution is 5.79. The summed E-state index contributed by atoms with van der Waals surface area (Å²) in [6, 6.07) is 0. The van der Waals surface area contributed by atoms with Crippen LogP contribution in [0.4, 0.5) is 4.39 Å². The van der Waals surface area contributed by atoms with Crippen molar-refractivity contribution in [3.8, 4) is 0 Å². The number of aliphatic hydroxyl groups is 2. The van der Waals surface area contributed by atoms with Crippen LogP contribution in [0.2, 0.25) is 0 Å². The average Bonchev–Trinajstić information content (AvgIpc) is 2.86. The van der Waals surface area contributed by atoms with Crippen LogP contribution in [0.5, 0.6) is 0 Å². The van der Waals surface area contributed by atoms with Gasteiger partial charge in [0.15, 0.2) is 0 Å². The van der Waals surface area contributed by atoms with Gasteiger partial charge < -0.3 is 15.3 Å². The maximum Gasteiger partial charge on any atom is 0.327 e. The molecule has 1 aliphatic carbocycles. The Hall–Kier alpha value is -1.20. The Morgan fingerprint density at radius 2 is 2.04 bits per heavy atom. The third kappa shape index (κ3) is 8.00. The van der Waals surface area contributed by atoms with Crippen molar-refractivity contribution in [3.05, 3.63) is 24.3 Å². The first kappa shape index (κ1) is 22.8. The zero-order valence-electron chi connectivity index (χ0n) is 16.1. The van der Waals surface area contributed by atoms with E-state index < -0.39 is 24.3 Å². The molecule has 0 spiro atoms. The van der Waals surface area contributed by atoms with Gasteiger partial charge in [-0.1, -0.05) is 51.3 Å². The number of aliphatic hydroxyl groups excluding tert-OH is 2. The van der Waals surface area contributed by atoms with Gasteiger partial charge in [-0.3, -0.25) is 0 Å². The summed E-state index contributed by atoms with van der Waals surface area (Å²) in [4.78, 5) is 10.4. The molecule has 4 nitrogen and oxygen atoms in total. The summed E-state index contributed by atoms with van der Waals surface area (Å²) in [7, 11) is 0. The summed E-state index contributed by atoms with van der Waals surface area (Å²) >= 11 is 0. The van der Waals surface area contributed by atoms with E-state index in [0.717, 1.165) is 38.2 Å². The second-order valence-corrected chi connectivity index (χ2v) is 7.58. The number of rotatable bonds is 12. The van der Waals surface area contributed by atoms with Gasteiger partial charge in [0.1, 0.15) is 6.17 Å². The van der Waals surface area contributed by atoms with E-state index in [1.165, 1.54) is 0 Å². The molecule has 0 radical (unpaired) electrons. The molecular weight excluding hydrogens is 335 g/mol. The molecule has 2 unspecified atom stereocenters. The van der Waals surface area contributed by atoms with Gasteiger partial charge in [0.25, 0.3) is 0 Å². The molecule has 0 aromatic rings. The molecule has 0 saturated heterocycles. The van der Waals surface area contributed by atoms with E-state index in [1.54, 1.807) is 12.2 Å². The number of allylic oxidation sites excluding steroid dienone is 1. The van der Waals surface area contributed by atoms with E-state index >= 15 is 0 Å². The van der Waals surface area contributed by atoms with Crippen LogP contribution in [-0.4, -0.2) is 39.7 Å². The predicted octanol–water partition coefficient (Wildman–Crippen LogP) is 4.27. The standard InChI is InChI=1S/C21H35FO4/c1-3-4-9-15(2)19(23)13-12-17-16(18(22)14-20(17)24)10-7-5-6-8-11-21(25)26/h8,11-13,15-20,23-24H,3-7,9-10,14H2,1-2H3,(H,25,26)/b11-8+,13-12+/t15?,16-,17-,18-,19?,20-/m1/s1. The minimum absolute atomic E-state index is 0.153. The van der Waals surface area contributed by atoms with Gasteiger partial charge in [-0.25, -0.2) is 9.18 Å². The van der Waals surface area contributed by atoms with Crippen molar-refractivity contribution in [1.82, 2.24) is 0 Å². The lowest BCUT2D eigenvalue weighted by Gasteiger charge is -2.21. The number of carbonyl (C=O) groups is 1. The number of hydrogen-bond acceptors (Lipinski definition) is 3. The summed E-state index contributed by atoms with van der Waals surface area (Å²) in [5.41, 5.74) is 0. The highest BCUT2D eigenvalue weighted by Gasteiger charge is 2.40. The van der Waals surface area contributed by atoms with Gasteiger partial charge in [0.05, 0.1) is 12.2 Å². The molecule has 1 fully saturated rings. The van der Waals surface area contributed by atoms with E-state index in [0.29, 0.717) is 12.8 Å². The third-order valence-electron chi connectivity index (χ3n) is 5.42. The van der Waals surface area contributed by atoms with Crippen LogP contribution < -0.4 is 0 Å². The number of hydrogen-bond donors (Lipinski definition) is 3. The topological polar surface area (TPSA) is 77.8 Å². The smallest absolute Gasteiger partial charge is 0.327 e. The molecule has 6 atom stereocenters. The van der Waals surface area contributed by atoms with Crippen LogP contribution in [0.3, 0.4) is 0 Å². The zero-order valence-corrected chi connectivity index (χ0v) is 16.1. The van der Waals surface area contributed by atoms with E-state index in [-0.39, 0.29) is 24.2 Å². The molecule has 0 aromatic heterocycles. The fourth-order valence-electron chi connectivity index (χ4n) is 3.69. The quantitative estimate of drug-likeness (QED) is 0.272. The number of aliphatic carboxylic acids is 1. The molecule has 26 heavy (non-hydrogen) atoms. The maximum absolute atomic E-state index is 14.3. The van der Waals surface area contributed by atoms with E-state index in [4.69, 9.17) is 5.11 Å². The van der Waals surface area contributed by atoms with Gasteiger partial charge in [-0.15, -0.1) is 0 Å². The van der Waals surface area contributed by atoms with Crippen molar-refractivity contribution >= 4 is 5.97 Å². The van der Waals surface area contributed by atoms with Gasteiger partial charge in [-0.2, -0.15) is 0 Å². The van der Waals surface area contributed by atoms with Crippen molar-refractivity contribution < 1.29 is 24.5 Å². The summed E-state index contributed by atoms with van der Waals surface area (Å²) in [6.07, 6.45) is 10.2. The van der Waals surface area contributed by atoms with Crippen molar-refractivity contribution in [1.29, 1.82) is 0 Å². The largest absolute Gasteiger partial charge is 0.478 e. The Kier molecular flexibility index (Phi) is 10.7. The predicted molar refractivity (Wildman–Crippen MR) is 102 cm³/mol. The Balaban J connectivity index is 2.50. The number of carboxylic acid groups (broad SMARTS) is 1. The Morgan fingerprint density at radius 3 is 2.69 bits per heavy atom. The molecule has 0 aliphatic heterocycles. The summed E-state index contributed by atoms with van der Waals surface area (Å²) in [6.45, 7) is 4.13. The minimum Gasteiger partial charge on any atom is -0.478 e.